The predicted molar refractivity (Wildman–Crippen MR) is 104 cm³/mol. The Morgan fingerprint density at radius 1 is 1.00 bits per heavy atom. The van der Waals surface area contributed by atoms with Gasteiger partial charge in [0.1, 0.15) is 0 Å². The SMILES string of the molecule is CN(C)c1ccc(C2(c3ccccc3)C=Cc3c(N)n[nH]c3C2)cc1. The first-order chi connectivity index (χ1) is 12.1. The van der Waals surface area contributed by atoms with Gasteiger partial charge in [-0.3, -0.25) is 5.10 Å². The molecule has 4 rings (SSSR count). The van der Waals surface area contributed by atoms with Crippen LogP contribution in [-0.4, -0.2) is 24.3 Å². The average Bonchev–Trinajstić information content (AvgIpc) is 3.02. The number of H-pyrrole nitrogens is 1. The van der Waals surface area contributed by atoms with Gasteiger partial charge in [0.15, 0.2) is 5.82 Å². The van der Waals surface area contributed by atoms with E-state index in [-0.39, 0.29) is 5.41 Å². The Balaban J connectivity index is 1.87. The molecule has 1 aromatic heterocycles. The van der Waals surface area contributed by atoms with Crippen LogP contribution >= 0.6 is 0 Å². The van der Waals surface area contributed by atoms with E-state index in [9.17, 15) is 0 Å². The van der Waals surface area contributed by atoms with Crippen LogP contribution in [0.4, 0.5) is 11.5 Å². The van der Waals surface area contributed by atoms with Crippen molar-refractivity contribution in [2.24, 2.45) is 0 Å². The van der Waals surface area contributed by atoms with Gasteiger partial charge in [0, 0.05) is 42.9 Å². The summed E-state index contributed by atoms with van der Waals surface area (Å²) in [6.07, 6.45) is 5.18. The van der Waals surface area contributed by atoms with Crippen molar-refractivity contribution in [2.75, 3.05) is 24.7 Å². The first-order valence-electron chi connectivity index (χ1n) is 8.45. The zero-order valence-electron chi connectivity index (χ0n) is 14.5. The van der Waals surface area contributed by atoms with Gasteiger partial charge in [-0.25, -0.2) is 0 Å². The molecule has 0 bridgehead atoms. The summed E-state index contributed by atoms with van der Waals surface area (Å²) in [6, 6.07) is 19.4. The zero-order valence-corrected chi connectivity index (χ0v) is 14.5. The molecule has 2 aromatic carbocycles. The molecule has 0 aliphatic heterocycles. The largest absolute Gasteiger partial charge is 0.382 e. The molecule has 1 aliphatic carbocycles. The smallest absolute Gasteiger partial charge is 0.152 e. The van der Waals surface area contributed by atoms with Crippen molar-refractivity contribution in [1.82, 2.24) is 10.2 Å². The first kappa shape index (κ1) is 15.5. The van der Waals surface area contributed by atoms with Crippen molar-refractivity contribution in [2.45, 2.75) is 11.8 Å². The fourth-order valence-electron chi connectivity index (χ4n) is 3.64. The van der Waals surface area contributed by atoms with Crippen LogP contribution in [0.25, 0.3) is 6.08 Å². The van der Waals surface area contributed by atoms with Crippen LogP contribution in [0, 0.1) is 0 Å². The first-order valence-corrected chi connectivity index (χ1v) is 8.45. The number of nitrogen functional groups attached to an aromatic ring is 1. The highest BCUT2D eigenvalue weighted by molar-refractivity contribution is 5.70. The number of rotatable bonds is 3. The van der Waals surface area contributed by atoms with Gasteiger partial charge in [-0.1, -0.05) is 54.6 Å². The third-order valence-corrected chi connectivity index (χ3v) is 5.09. The van der Waals surface area contributed by atoms with E-state index in [1.54, 1.807) is 0 Å². The van der Waals surface area contributed by atoms with Crippen LogP contribution in [-0.2, 0) is 11.8 Å². The molecule has 126 valence electrons. The molecule has 4 heteroatoms. The number of aromatic nitrogens is 2. The van der Waals surface area contributed by atoms with Crippen LogP contribution in [0.5, 0.6) is 0 Å². The van der Waals surface area contributed by atoms with Crippen LogP contribution in [0.15, 0.2) is 60.7 Å². The molecule has 0 fully saturated rings. The standard InChI is InChI=1S/C21H22N4/c1-25(2)17-10-8-16(9-11-17)21(15-6-4-3-5-7-15)13-12-18-19(14-21)23-24-20(18)22/h3-13H,14H2,1-2H3,(H3,22,23,24). The van der Waals surface area contributed by atoms with Crippen molar-refractivity contribution in [3.63, 3.8) is 0 Å². The van der Waals surface area contributed by atoms with E-state index in [2.05, 4.69) is 95.9 Å². The topological polar surface area (TPSA) is 57.9 Å². The van der Waals surface area contributed by atoms with Crippen molar-refractivity contribution in [3.05, 3.63) is 83.1 Å². The summed E-state index contributed by atoms with van der Waals surface area (Å²) >= 11 is 0. The van der Waals surface area contributed by atoms with Gasteiger partial charge in [0.2, 0.25) is 0 Å². The zero-order chi connectivity index (χ0) is 17.4. The Morgan fingerprint density at radius 3 is 2.36 bits per heavy atom. The Morgan fingerprint density at radius 2 is 1.68 bits per heavy atom. The maximum atomic E-state index is 5.98. The molecule has 0 spiro atoms. The number of aromatic amines is 1. The second-order valence-corrected chi connectivity index (χ2v) is 6.79. The third-order valence-electron chi connectivity index (χ3n) is 5.09. The van der Waals surface area contributed by atoms with Gasteiger partial charge < -0.3 is 10.6 Å². The highest BCUT2D eigenvalue weighted by Gasteiger charge is 2.36. The Labute approximate surface area is 148 Å². The molecule has 1 unspecified atom stereocenters. The van der Waals surface area contributed by atoms with Gasteiger partial charge in [0.25, 0.3) is 0 Å². The summed E-state index contributed by atoms with van der Waals surface area (Å²) in [5, 5.41) is 7.30. The third kappa shape index (κ3) is 2.50. The molecule has 0 saturated heterocycles. The lowest BCUT2D eigenvalue weighted by Crippen LogP contribution is -2.30. The van der Waals surface area contributed by atoms with E-state index in [1.165, 1.54) is 16.8 Å². The van der Waals surface area contributed by atoms with Gasteiger partial charge in [-0.05, 0) is 23.3 Å². The summed E-state index contributed by atoms with van der Waals surface area (Å²) < 4.78 is 0. The molecule has 0 saturated carbocycles. The van der Waals surface area contributed by atoms with Crippen LogP contribution < -0.4 is 10.6 Å². The minimum Gasteiger partial charge on any atom is -0.382 e. The number of nitrogens with one attached hydrogen (secondary N) is 1. The Kier molecular flexibility index (Phi) is 3.61. The molecular formula is C21H22N4. The summed E-state index contributed by atoms with van der Waals surface area (Å²) in [5.41, 5.74) is 11.6. The number of nitrogens with zero attached hydrogens (tertiary/aromatic N) is 2. The number of hydrogen-bond acceptors (Lipinski definition) is 3. The number of fused-ring (bicyclic) bond motifs is 1. The number of benzene rings is 2. The lowest BCUT2D eigenvalue weighted by atomic mass is 9.68. The second-order valence-electron chi connectivity index (χ2n) is 6.79. The van der Waals surface area contributed by atoms with Crippen molar-refractivity contribution >= 4 is 17.6 Å². The van der Waals surface area contributed by atoms with Gasteiger partial charge in [-0.2, -0.15) is 5.10 Å². The van der Waals surface area contributed by atoms with Crippen molar-refractivity contribution in [1.29, 1.82) is 0 Å². The number of hydrogen-bond donors (Lipinski definition) is 2. The van der Waals surface area contributed by atoms with Crippen molar-refractivity contribution < 1.29 is 0 Å². The second kappa shape index (κ2) is 5.81. The molecule has 1 atom stereocenters. The number of allylic oxidation sites excluding steroid dienone is 1. The van der Waals surface area contributed by atoms with Gasteiger partial charge >= 0.3 is 0 Å². The summed E-state index contributed by atoms with van der Waals surface area (Å²) in [7, 11) is 4.12. The van der Waals surface area contributed by atoms with E-state index < -0.39 is 0 Å². The monoisotopic (exact) mass is 330 g/mol. The maximum absolute atomic E-state index is 5.98. The lowest BCUT2D eigenvalue weighted by molar-refractivity contribution is 0.620. The molecule has 1 heterocycles. The molecule has 0 radical (unpaired) electrons. The van der Waals surface area contributed by atoms with E-state index >= 15 is 0 Å². The Hall–Kier alpha value is -3.01. The van der Waals surface area contributed by atoms with Crippen LogP contribution in [0.1, 0.15) is 22.4 Å². The van der Waals surface area contributed by atoms with Gasteiger partial charge in [0.05, 0.1) is 0 Å². The summed E-state index contributed by atoms with van der Waals surface area (Å²) in [6.45, 7) is 0. The minimum atomic E-state index is -0.224. The molecule has 1 aliphatic rings. The van der Waals surface area contributed by atoms with E-state index in [1.807, 2.05) is 0 Å². The van der Waals surface area contributed by atoms with Crippen molar-refractivity contribution in [3.8, 4) is 0 Å². The summed E-state index contributed by atoms with van der Waals surface area (Å²) in [5.74, 6) is 0.566. The predicted octanol–water partition coefficient (Wildman–Crippen LogP) is 3.61. The molecule has 4 nitrogen and oxygen atoms in total. The molecule has 0 amide bonds. The van der Waals surface area contributed by atoms with E-state index in [0.29, 0.717) is 5.82 Å². The van der Waals surface area contributed by atoms with E-state index in [4.69, 9.17) is 5.73 Å². The average molecular weight is 330 g/mol. The molecule has 3 aromatic rings. The Bertz CT molecular complexity index is 907. The maximum Gasteiger partial charge on any atom is 0.152 e. The molecule has 25 heavy (non-hydrogen) atoms. The van der Waals surface area contributed by atoms with Crippen LogP contribution in [0.3, 0.4) is 0 Å². The lowest BCUT2D eigenvalue weighted by Gasteiger charge is -2.34. The van der Waals surface area contributed by atoms with E-state index in [0.717, 1.165) is 17.7 Å². The molecule has 3 N–H and O–H groups in total. The fraction of sp³-hybridized carbons (Fsp3) is 0.190. The molecular weight excluding hydrogens is 308 g/mol. The highest BCUT2D eigenvalue weighted by atomic mass is 15.2. The fourth-order valence-corrected chi connectivity index (χ4v) is 3.64. The summed E-state index contributed by atoms with van der Waals surface area (Å²) in [4.78, 5) is 2.11. The number of nitrogens with two attached hydrogens (primary N) is 1. The quantitative estimate of drug-likeness (QED) is 0.771. The highest BCUT2D eigenvalue weighted by Crippen LogP contribution is 2.42. The van der Waals surface area contributed by atoms with Gasteiger partial charge in [-0.15, -0.1) is 0 Å². The number of anilines is 2. The normalized spacial score (nSPS) is 18.8. The van der Waals surface area contributed by atoms with Crippen LogP contribution in [0.2, 0.25) is 0 Å². The minimum absolute atomic E-state index is 0.224.